The minimum atomic E-state index is -1.59. The predicted molar refractivity (Wildman–Crippen MR) is 391 cm³/mol. The molecule has 0 saturated heterocycles. The van der Waals surface area contributed by atoms with Gasteiger partial charge in [-0.1, -0.05) is 171 Å². The second kappa shape index (κ2) is 24.6. The fraction of sp³-hybridized carbons (Fsp3) is 0.0222. The molecule has 5 nitrogen and oxygen atoms in total. The summed E-state index contributed by atoms with van der Waals surface area (Å²) in [5, 5.41) is 1.39. The van der Waals surface area contributed by atoms with Crippen molar-refractivity contribution in [2.24, 2.45) is 0 Å². The van der Waals surface area contributed by atoms with E-state index >= 15 is 26.3 Å². The number of ether oxygens (including phenoxy) is 2. The van der Waals surface area contributed by atoms with Gasteiger partial charge in [-0.15, -0.1) is 0 Å². The number of halogens is 6. The van der Waals surface area contributed by atoms with E-state index in [9.17, 15) is 0 Å². The van der Waals surface area contributed by atoms with Gasteiger partial charge in [0.2, 0.25) is 0 Å². The van der Waals surface area contributed by atoms with Crippen LogP contribution in [-0.2, 0) is 10.8 Å². The maximum atomic E-state index is 17.3. The number of rotatable bonds is 16. The van der Waals surface area contributed by atoms with Gasteiger partial charge in [0, 0.05) is 44.6 Å². The zero-order chi connectivity index (χ0) is 68.7. The van der Waals surface area contributed by atoms with Crippen molar-refractivity contribution >= 4 is 68.2 Å². The van der Waals surface area contributed by atoms with Crippen LogP contribution in [0.4, 0.5) is 60.5 Å². The quantitative estimate of drug-likeness (QED) is 0.0902. The van der Waals surface area contributed by atoms with Crippen molar-refractivity contribution in [2.45, 2.75) is 10.8 Å². The van der Waals surface area contributed by atoms with Gasteiger partial charge in [-0.25, -0.2) is 26.3 Å². The lowest BCUT2D eigenvalue weighted by Gasteiger charge is -2.35. The maximum Gasteiger partial charge on any atom is 0.159 e. The van der Waals surface area contributed by atoms with Crippen LogP contribution in [0.1, 0.15) is 55.6 Å². The molecule has 0 radical (unpaired) electrons. The molecule has 2 aliphatic carbocycles. The Bertz CT molecular complexity index is 5380. The molecular weight excluding hydrogens is 1270 g/mol. The van der Waals surface area contributed by atoms with Gasteiger partial charge in [-0.05, 0) is 224 Å². The maximum absolute atomic E-state index is 17.3. The summed E-state index contributed by atoms with van der Waals surface area (Å²) in [5.41, 5.74) is 8.97. The van der Waals surface area contributed by atoms with Gasteiger partial charge < -0.3 is 23.7 Å². The van der Waals surface area contributed by atoms with E-state index in [4.69, 9.17) is 13.9 Å². The molecule has 2 aliphatic rings. The highest BCUT2D eigenvalue weighted by atomic mass is 19.2. The van der Waals surface area contributed by atoms with E-state index < -0.39 is 45.7 Å². The molecule has 11 heteroatoms. The number of nitrogens with zero attached hydrogens (tertiary/aromatic N) is 2. The van der Waals surface area contributed by atoms with Crippen molar-refractivity contribution in [3.05, 3.63) is 407 Å². The number of para-hydroxylation sites is 2. The Kier molecular flexibility index (Phi) is 15.0. The zero-order valence-corrected chi connectivity index (χ0v) is 53.8. The molecule has 1 heterocycles. The normalized spacial score (nSPS) is 14.8. The molecule has 0 fully saturated rings. The average Bonchev–Trinajstić information content (AvgIpc) is 1.55. The fourth-order valence-corrected chi connectivity index (χ4v) is 15.3. The van der Waals surface area contributed by atoms with Crippen LogP contribution in [0.3, 0.4) is 0 Å². The number of anilines is 6. The van der Waals surface area contributed by atoms with Crippen LogP contribution in [0.25, 0.3) is 56.3 Å². The van der Waals surface area contributed by atoms with Crippen LogP contribution >= 0.6 is 0 Å². The van der Waals surface area contributed by atoms with Crippen molar-refractivity contribution in [2.75, 3.05) is 9.80 Å². The average molecular weight is 1330 g/mol. The first-order valence-electron chi connectivity index (χ1n) is 32.9. The van der Waals surface area contributed by atoms with Crippen molar-refractivity contribution in [3.63, 3.8) is 0 Å². The van der Waals surface area contributed by atoms with E-state index in [0.717, 1.165) is 33.4 Å². The minimum absolute atomic E-state index is 0.174. The molecule has 0 amide bonds. The Morgan fingerprint density at radius 3 is 1.00 bits per heavy atom. The van der Waals surface area contributed by atoms with E-state index in [1.54, 1.807) is 60.7 Å². The highest BCUT2D eigenvalue weighted by molar-refractivity contribution is 6.14. The molecule has 0 N–H and O–H groups in total. The third-order valence-electron chi connectivity index (χ3n) is 19.7. The zero-order valence-electron chi connectivity index (χ0n) is 53.8. The summed E-state index contributed by atoms with van der Waals surface area (Å²) in [4.78, 5) is 3.89. The van der Waals surface area contributed by atoms with Crippen molar-refractivity contribution in [1.29, 1.82) is 0 Å². The molecule has 0 aliphatic heterocycles. The Morgan fingerprint density at radius 2 is 0.634 bits per heavy atom. The minimum Gasteiger partial charge on any atom is -0.457 e. The molecule has 2 atom stereocenters. The first kappa shape index (κ1) is 61.7. The molecule has 1 aromatic heterocycles. The lowest BCUT2D eigenvalue weighted by molar-refractivity contribution is 0.481. The first-order chi connectivity index (χ1) is 49.4. The summed E-state index contributed by atoms with van der Waals surface area (Å²) in [5.74, 6) is -1.75. The highest BCUT2D eigenvalue weighted by Crippen LogP contribution is 2.61. The third kappa shape index (κ3) is 10.0. The first-order valence-corrected chi connectivity index (χ1v) is 32.9. The van der Waals surface area contributed by atoms with Gasteiger partial charge in [0.05, 0.1) is 22.2 Å². The standard InChI is InChI=1S/C90H56F6N2O3/c1-3-55-25-43-65(44-26-55)99-67-47-29-57(30-48-67)89(85-79(93)19-11-20-80(85)94)75-17-7-5-13-69(75)71-51-41-63(53-77(71)89)97(61-37-33-59(91)34-38-61)83-23-9-15-73-74-16-10-24-84(88(74)101-87(73)83)98(62-39-35-60(92)36-40-62)64-42-52-72-70-14-6-8-18-76(70)90(78(72)54-64,86-81(95)21-12-22-82(86)96)58-31-49-68(50-32-58)100-66-45-27-56(4-2)28-46-66/h3-54H,1-2H2. The van der Waals surface area contributed by atoms with E-state index in [-0.39, 0.29) is 11.1 Å². The molecule has 0 bridgehead atoms. The largest absolute Gasteiger partial charge is 0.457 e. The summed E-state index contributed by atoms with van der Waals surface area (Å²) in [7, 11) is 0. The summed E-state index contributed by atoms with van der Waals surface area (Å²) in [6.45, 7) is 7.73. The van der Waals surface area contributed by atoms with E-state index in [0.29, 0.717) is 112 Å². The highest BCUT2D eigenvalue weighted by Gasteiger charge is 2.51. The summed E-state index contributed by atoms with van der Waals surface area (Å²) in [6, 6.07) is 88.0. The van der Waals surface area contributed by atoms with Gasteiger partial charge in [-0.2, -0.15) is 0 Å². The molecule has 14 aromatic carbocycles. The smallest absolute Gasteiger partial charge is 0.159 e. The van der Waals surface area contributed by atoms with Gasteiger partial charge in [0.15, 0.2) is 11.2 Å². The number of furan rings is 1. The number of fused-ring (bicyclic) bond motifs is 9. The molecule has 15 aromatic rings. The van der Waals surface area contributed by atoms with Gasteiger partial charge in [0.1, 0.15) is 57.9 Å². The Balaban J connectivity index is 0.847. The fourth-order valence-electron chi connectivity index (χ4n) is 15.3. The third-order valence-corrected chi connectivity index (χ3v) is 19.7. The monoisotopic (exact) mass is 1330 g/mol. The second-order valence-electron chi connectivity index (χ2n) is 25.1. The molecule has 17 rings (SSSR count). The number of hydrogen-bond donors (Lipinski definition) is 0. The van der Waals surface area contributed by atoms with Crippen LogP contribution in [0.2, 0.25) is 0 Å². The predicted octanol–water partition coefficient (Wildman–Crippen LogP) is 25.0. The van der Waals surface area contributed by atoms with Crippen LogP contribution < -0.4 is 19.3 Å². The van der Waals surface area contributed by atoms with Crippen LogP contribution in [0.15, 0.2) is 321 Å². The molecule has 101 heavy (non-hydrogen) atoms. The Labute approximate surface area is 578 Å². The molecule has 2 unspecified atom stereocenters. The van der Waals surface area contributed by atoms with Crippen molar-refractivity contribution < 1.29 is 40.2 Å². The van der Waals surface area contributed by atoms with Crippen molar-refractivity contribution in [1.82, 2.24) is 0 Å². The summed E-state index contributed by atoms with van der Waals surface area (Å²) < 4.78 is 120. The summed E-state index contributed by atoms with van der Waals surface area (Å²) >= 11 is 0. The van der Waals surface area contributed by atoms with Gasteiger partial charge in [-0.3, -0.25) is 0 Å². The number of benzene rings is 14. The molecule has 0 spiro atoms. The van der Waals surface area contributed by atoms with Crippen molar-refractivity contribution in [3.8, 4) is 45.3 Å². The van der Waals surface area contributed by atoms with E-state index in [1.807, 2.05) is 204 Å². The van der Waals surface area contributed by atoms with Crippen LogP contribution in [-0.4, -0.2) is 0 Å². The van der Waals surface area contributed by atoms with E-state index in [1.165, 1.54) is 60.7 Å². The molecule has 486 valence electrons. The van der Waals surface area contributed by atoms with Gasteiger partial charge >= 0.3 is 0 Å². The Hall–Kier alpha value is -12.9. The van der Waals surface area contributed by atoms with Crippen LogP contribution in [0.5, 0.6) is 23.0 Å². The SMILES string of the molecule is C=Cc1ccc(Oc2ccc(C3(c4c(F)cccc4F)c4ccccc4-c4ccc(N(c5ccc(F)cc5)c5cccc6c5oc5c(N(c7ccc(F)cc7)c7ccc8c(c7)C(c7ccc(Oc9ccc(C=C)cc9)cc7)(c7c(F)cccc7F)c7ccccc7-8)cccc56)cc43)cc2)cc1. The Morgan fingerprint density at radius 1 is 0.307 bits per heavy atom. The number of hydrogen-bond acceptors (Lipinski definition) is 5. The molecular formula is C90H56F6N2O3. The summed E-state index contributed by atoms with van der Waals surface area (Å²) in [6.07, 6.45) is 3.49. The van der Waals surface area contributed by atoms with Gasteiger partial charge in [0.25, 0.3) is 0 Å². The topological polar surface area (TPSA) is 38.1 Å². The molecule has 0 saturated carbocycles. The second-order valence-corrected chi connectivity index (χ2v) is 25.1. The van der Waals surface area contributed by atoms with Crippen LogP contribution in [0, 0.1) is 34.9 Å². The van der Waals surface area contributed by atoms with E-state index in [2.05, 4.69) is 13.2 Å². The lowest BCUT2D eigenvalue weighted by atomic mass is 9.67. The lowest BCUT2D eigenvalue weighted by Crippen LogP contribution is -2.31.